The van der Waals surface area contributed by atoms with Crippen LogP contribution in [-0.4, -0.2) is 16.7 Å². The first-order chi connectivity index (χ1) is 10.7. The largest absolute Gasteiger partial charge is 0.449 e. The van der Waals surface area contributed by atoms with Gasteiger partial charge in [-0.1, -0.05) is 34.1 Å². The van der Waals surface area contributed by atoms with Gasteiger partial charge in [-0.3, -0.25) is 0 Å². The van der Waals surface area contributed by atoms with Crippen molar-refractivity contribution in [3.63, 3.8) is 0 Å². The lowest BCUT2D eigenvalue weighted by molar-refractivity contribution is -0.140. The molecule has 0 aliphatic carbocycles. The number of hydrogen-bond donors (Lipinski definition) is 1. The second-order valence-electron chi connectivity index (χ2n) is 5.81. The molecule has 1 aromatic carbocycles. The zero-order valence-electron chi connectivity index (χ0n) is 13.0. The van der Waals surface area contributed by atoms with Crippen molar-refractivity contribution in [2.24, 2.45) is 0 Å². The molecule has 0 saturated heterocycles. The van der Waals surface area contributed by atoms with Crippen LogP contribution in [0.5, 0.6) is 0 Å². The van der Waals surface area contributed by atoms with Crippen LogP contribution in [0.15, 0.2) is 62.2 Å². The molecule has 23 heavy (non-hydrogen) atoms. The van der Waals surface area contributed by atoms with Gasteiger partial charge in [0.2, 0.25) is 0 Å². The summed E-state index contributed by atoms with van der Waals surface area (Å²) in [6, 6.07) is 7.67. The molecule has 0 amide bonds. The van der Waals surface area contributed by atoms with Crippen molar-refractivity contribution in [2.75, 3.05) is 0 Å². The number of carbonyl (C=O) groups is 1. The highest BCUT2D eigenvalue weighted by molar-refractivity contribution is 14.1. The van der Waals surface area contributed by atoms with Crippen molar-refractivity contribution in [1.29, 1.82) is 0 Å². The average molecular weight is 489 g/mol. The van der Waals surface area contributed by atoms with Crippen LogP contribution in [-0.2, 0) is 9.53 Å². The third-order valence-corrected chi connectivity index (χ3v) is 5.65. The number of hydrogen-bond acceptors (Lipinski definition) is 3. The van der Waals surface area contributed by atoms with Crippen molar-refractivity contribution in [3.05, 3.63) is 67.8 Å². The molecule has 1 aliphatic rings. The summed E-state index contributed by atoms with van der Waals surface area (Å²) in [4.78, 5) is 12.2. The van der Waals surface area contributed by atoms with Crippen LogP contribution >= 0.6 is 38.5 Å². The fourth-order valence-corrected chi connectivity index (χ4v) is 2.82. The Hall–Kier alpha value is -0.920. The van der Waals surface area contributed by atoms with Gasteiger partial charge in [0, 0.05) is 19.2 Å². The fraction of sp³-hybridized carbons (Fsp3) is 0.278. The lowest BCUT2D eigenvalue weighted by atomic mass is 9.95. The zero-order chi connectivity index (χ0) is 17.2. The minimum absolute atomic E-state index is 0.330. The maximum atomic E-state index is 12.2. The van der Waals surface area contributed by atoms with E-state index in [0.29, 0.717) is 12.0 Å². The SMILES string of the molecule is C=CCC1=C(/C=C(\I)C(C)(C)O)C(c2ccc(Br)cc2)OC1=O. The van der Waals surface area contributed by atoms with E-state index in [1.807, 2.05) is 30.3 Å². The van der Waals surface area contributed by atoms with E-state index >= 15 is 0 Å². The summed E-state index contributed by atoms with van der Waals surface area (Å²) in [6.45, 7) is 7.14. The smallest absolute Gasteiger partial charge is 0.335 e. The number of carbonyl (C=O) groups excluding carboxylic acids is 1. The summed E-state index contributed by atoms with van der Waals surface area (Å²) in [6.07, 6.45) is 3.51. The molecular formula is C18H18BrIO3. The number of halogens is 2. The van der Waals surface area contributed by atoms with Gasteiger partial charge in [0.1, 0.15) is 0 Å². The number of allylic oxidation sites excluding steroid dienone is 1. The summed E-state index contributed by atoms with van der Waals surface area (Å²) in [5, 5.41) is 10.2. The Morgan fingerprint density at radius 1 is 1.43 bits per heavy atom. The number of rotatable bonds is 5. The van der Waals surface area contributed by atoms with Crippen molar-refractivity contribution in [3.8, 4) is 0 Å². The Morgan fingerprint density at radius 3 is 2.57 bits per heavy atom. The molecule has 0 radical (unpaired) electrons. The summed E-state index contributed by atoms with van der Waals surface area (Å²) >= 11 is 5.50. The second-order valence-corrected chi connectivity index (χ2v) is 7.89. The third-order valence-electron chi connectivity index (χ3n) is 3.49. The molecule has 0 saturated carbocycles. The molecular weight excluding hydrogens is 471 g/mol. The van der Waals surface area contributed by atoms with E-state index in [2.05, 4.69) is 45.1 Å². The van der Waals surface area contributed by atoms with Crippen molar-refractivity contribution >= 4 is 44.5 Å². The van der Waals surface area contributed by atoms with Gasteiger partial charge in [0.15, 0.2) is 6.10 Å². The molecule has 1 atom stereocenters. The topological polar surface area (TPSA) is 46.5 Å². The number of cyclic esters (lactones) is 1. The molecule has 1 heterocycles. The first kappa shape index (κ1) is 18.4. The standard InChI is InChI=1S/C18H18BrIO3/c1-4-5-13-14(10-15(20)18(2,3)22)16(23-17(13)21)11-6-8-12(19)9-7-11/h4,6-10,16,22H,1,5H2,2-3H3/b15-10-. The third kappa shape index (κ3) is 4.33. The Labute approximate surface area is 158 Å². The second kappa shape index (κ2) is 7.32. The van der Waals surface area contributed by atoms with E-state index in [0.717, 1.165) is 19.2 Å². The Morgan fingerprint density at radius 2 is 2.04 bits per heavy atom. The molecule has 0 aromatic heterocycles. The monoisotopic (exact) mass is 488 g/mol. The van der Waals surface area contributed by atoms with Gasteiger partial charge in [0.25, 0.3) is 0 Å². The fourth-order valence-electron chi connectivity index (χ4n) is 2.22. The van der Waals surface area contributed by atoms with Crippen LogP contribution in [0, 0.1) is 0 Å². The lowest BCUT2D eigenvalue weighted by Crippen LogP contribution is -2.18. The van der Waals surface area contributed by atoms with Crippen LogP contribution < -0.4 is 0 Å². The predicted octanol–water partition coefficient (Wildman–Crippen LogP) is 5.01. The van der Waals surface area contributed by atoms with Crippen molar-refractivity contribution in [1.82, 2.24) is 0 Å². The summed E-state index contributed by atoms with van der Waals surface area (Å²) in [7, 11) is 0. The lowest BCUT2D eigenvalue weighted by Gasteiger charge is -2.19. The predicted molar refractivity (Wildman–Crippen MR) is 103 cm³/mol. The maximum Gasteiger partial charge on any atom is 0.335 e. The van der Waals surface area contributed by atoms with Crippen LogP contribution in [0.4, 0.5) is 0 Å². The average Bonchev–Trinajstić information content (AvgIpc) is 2.76. The molecule has 1 aromatic rings. The highest BCUT2D eigenvalue weighted by Crippen LogP contribution is 2.40. The number of aliphatic hydroxyl groups is 1. The molecule has 3 nitrogen and oxygen atoms in total. The molecule has 2 rings (SSSR count). The minimum Gasteiger partial charge on any atom is -0.449 e. The Bertz CT molecular complexity index is 681. The molecule has 1 aliphatic heterocycles. The maximum absolute atomic E-state index is 12.2. The molecule has 5 heteroatoms. The van der Waals surface area contributed by atoms with Gasteiger partial charge < -0.3 is 9.84 Å². The molecule has 1 N–H and O–H groups in total. The van der Waals surface area contributed by atoms with Gasteiger partial charge in [-0.25, -0.2) is 4.79 Å². The van der Waals surface area contributed by atoms with E-state index in [1.54, 1.807) is 19.9 Å². The molecule has 122 valence electrons. The number of ether oxygens (including phenoxy) is 1. The summed E-state index contributed by atoms with van der Waals surface area (Å²) in [5.74, 6) is -0.330. The van der Waals surface area contributed by atoms with Gasteiger partial charge >= 0.3 is 5.97 Å². The van der Waals surface area contributed by atoms with E-state index in [1.165, 1.54) is 0 Å². The summed E-state index contributed by atoms with van der Waals surface area (Å²) in [5.41, 5.74) is 1.30. The van der Waals surface area contributed by atoms with Gasteiger partial charge in [0.05, 0.1) is 5.60 Å². The van der Waals surface area contributed by atoms with Crippen LogP contribution in [0.3, 0.4) is 0 Å². The van der Waals surface area contributed by atoms with Crippen molar-refractivity contribution < 1.29 is 14.6 Å². The summed E-state index contributed by atoms with van der Waals surface area (Å²) < 4.78 is 7.28. The Kier molecular flexibility index (Phi) is 5.86. The highest BCUT2D eigenvalue weighted by Gasteiger charge is 2.34. The van der Waals surface area contributed by atoms with Crippen LogP contribution in [0.1, 0.15) is 31.9 Å². The first-order valence-electron chi connectivity index (χ1n) is 7.14. The quantitative estimate of drug-likeness (QED) is 0.360. The van der Waals surface area contributed by atoms with E-state index in [4.69, 9.17) is 4.74 Å². The molecule has 1 unspecified atom stereocenters. The minimum atomic E-state index is -0.969. The van der Waals surface area contributed by atoms with Crippen LogP contribution in [0.25, 0.3) is 0 Å². The Balaban J connectivity index is 2.52. The van der Waals surface area contributed by atoms with Gasteiger partial charge in [-0.15, -0.1) is 6.58 Å². The van der Waals surface area contributed by atoms with E-state index in [9.17, 15) is 9.90 Å². The number of esters is 1. The zero-order valence-corrected chi connectivity index (χ0v) is 16.7. The molecule has 0 bridgehead atoms. The highest BCUT2D eigenvalue weighted by atomic mass is 127. The van der Waals surface area contributed by atoms with E-state index < -0.39 is 11.7 Å². The first-order valence-corrected chi connectivity index (χ1v) is 9.01. The van der Waals surface area contributed by atoms with Crippen LogP contribution in [0.2, 0.25) is 0 Å². The normalized spacial score (nSPS) is 19.1. The van der Waals surface area contributed by atoms with Gasteiger partial charge in [-0.05, 0) is 66.6 Å². The van der Waals surface area contributed by atoms with E-state index in [-0.39, 0.29) is 5.97 Å². The molecule has 0 fully saturated rings. The number of benzene rings is 1. The van der Waals surface area contributed by atoms with Gasteiger partial charge in [-0.2, -0.15) is 0 Å². The van der Waals surface area contributed by atoms with Crippen molar-refractivity contribution in [2.45, 2.75) is 32.0 Å². The molecule has 0 spiro atoms.